The summed E-state index contributed by atoms with van der Waals surface area (Å²) in [7, 11) is 0. The van der Waals surface area contributed by atoms with Crippen molar-refractivity contribution in [1.82, 2.24) is 5.32 Å². The molecule has 0 aliphatic rings. The van der Waals surface area contributed by atoms with Gasteiger partial charge in [0.1, 0.15) is 11.3 Å². The summed E-state index contributed by atoms with van der Waals surface area (Å²) in [6.45, 7) is 4.36. The molecule has 2 rings (SSSR count). The Kier molecular flexibility index (Phi) is 5.22. The largest absolute Gasteiger partial charge is 0.493 e. The highest BCUT2D eigenvalue weighted by atomic mass is 32.1. The number of rotatable bonds is 6. The Morgan fingerprint density at radius 3 is 2.86 bits per heavy atom. The van der Waals surface area contributed by atoms with Gasteiger partial charge in [0.05, 0.1) is 6.61 Å². The van der Waals surface area contributed by atoms with Crippen LogP contribution in [0.2, 0.25) is 0 Å². The molecule has 112 valence electrons. The van der Waals surface area contributed by atoms with E-state index in [1.807, 2.05) is 25.3 Å². The van der Waals surface area contributed by atoms with Gasteiger partial charge in [-0.1, -0.05) is 12.1 Å². The molecular formula is C16H20N2O2S. The van der Waals surface area contributed by atoms with E-state index in [1.54, 1.807) is 29.5 Å². The number of carbonyl (C=O) groups excluding carboxylic acids is 1. The fourth-order valence-electron chi connectivity index (χ4n) is 2.14. The van der Waals surface area contributed by atoms with Gasteiger partial charge in [-0.25, -0.2) is 0 Å². The summed E-state index contributed by atoms with van der Waals surface area (Å²) in [6, 6.07) is 9.36. The maximum absolute atomic E-state index is 12.4. The van der Waals surface area contributed by atoms with Crippen LogP contribution in [0.25, 0.3) is 0 Å². The molecule has 1 heterocycles. The lowest BCUT2D eigenvalue weighted by atomic mass is 10.1. The number of hydrogen-bond donors (Lipinski definition) is 2. The second kappa shape index (κ2) is 7.13. The fraction of sp³-hybridized carbons (Fsp3) is 0.312. The Labute approximate surface area is 128 Å². The molecule has 0 spiro atoms. The van der Waals surface area contributed by atoms with Crippen molar-refractivity contribution >= 4 is 22.9 Å². The van der Waals surface area contributed by atoms with Crippen LogP contribution in [0.4, 0.5) is 5.69 Å². The molecule has 2 aromatic rings. The number of carbonyl (C=O) groups is 1. The molecule has 0 saturated heterocycles. The molecule has 0 fully saturated rings. The van der Waals surface area contributed by atoms with Gasteiger partial charge in [0.2, 0.25) is 0 Å². The number of hydrogen-bond acceptors (Lipinski definition) is 4. The molecule has 0 bridgehead atoms. The summed E-state index contributed by atoms with van der Waals surface area (Å²) in [6.07, 6.45) is 0.806. The Morgan fingerprint density at radius 2 is 2.19 bits per heavy atom. The SMILES string of the molecule is CCOc1cccc(N)c1C(=O)NC(C)Cc1cccs1. The predicted octanol–water partition coefficient (Wildman–Crippen LogP) is 3.09. The van der Waals surface area contributed by atoms with E-state index in [0.717, 1.165) is 6.42 Å². The second-order valence-corrected chi connectivity index (χ2v) is 5.84. The molecule has 3 N–H and O–H groups in total. The molecule has 1 unspecified atom stereocenters. The molecule has 21 heavy (non-hydrogen) atoms. The zero-order valence-electron chi connectivity index (χ0n) is 12.3. The quantitative estimate of drug-likeness (QED) is 0.806. The summed E-state index contributed by atoms with van der Waals surface area (Å²) in [5.74, 6) is 0.332. The number of anilines is 1. The third kappa shape index (κ3) is 3.98. The highest BCUT2D eigenvalue weighted by Crippen LogP contribution is 2.24. The third-order valence-electron chi connectivity index (χ3n) is 3.05. The molecule has 0 aliphatic heterocycles. The summed E-state index contributed by atoms with van der Waals surface area (Å²) in [5, 5.41) is 5.02. The van der Waals surface area contributed by atoms with Crippen LogP contribution < -0.4 is 15.8 Å². The Bertz CT molecular complexity index is 596. The number of nitrogen functional groups attached to an aromatic ring is 1. The van der Waals surface area contributed by atoms with Crippen LogP contribution >= 0.6 is 11.3 Å². The Hall–Kier alpha value is -2.01. The van der Waals surface area contributed by atoms with Gasteiger partial charge in [-0.3, -0.25) is 4.79 Å². The number of nitrogens with one attached hydrogen (secondary N) is 1. The molecule has 0 radical (unpaired) electrons. The maximum Gasteiger partial charge on any atom is 0.257 e. The lowest BCUT2D eigenvalue weighted by Gasteiger charge is -2.16. The highest BCUT2D eigenvalue weighted by Gasteiger charge is 2.18. The highest BCUT2D eigenvalue weighted by molar-refractivity contribution is 7.09. The summed E-state index contributed by atoms with van der Waals surface area (Å²) in [5.41, 5.74) is 6.77. The number of benzene rings is 1. The lowest BCUT2D eigenvalue weighted by molar-refractivity contribution is 0.0937. The van der Waals surface area contributed by atoms with Crippen LogP contribution in [0.3, 0.4) is 0 Å². The zero-order valence-corrected chi connectivity index (χ0v) is 13.1. The van der Waals surface area contributed by atoms with Gasteiger partial charge in [-0.15, -0.1) is 11.3 Å². The molecule has 4 nitrogen and oxygen atoms in total. The van der Waals surface area contributed by atoms with Crippen LogP contribution in [-0.4, -0.2) is 18.6 Å². The Morgan fingerprint density at radius 1 is 1.38 bits per heavy atom. The average molecular weight is 304 g/mol. The molecule has 1 amide bonds. The minimum atomic E-state index is -0.194. The standard InChI is InChI=1S/C16H20N2O2S/c1-3-20-14-8-4-7-13(17)15(14)16(19)18-11(2)10-12-6-5-9-21-12/h4-9,11H,3,10,17H2,1-2H3,(H,18,19). The van der Waals surface area contributed by atoms with E-state index in [9.17, 15) is 4.79 Å². The third-order valence-corrected chi connectivity index (χ3v) is 3.95. The second-order valence-electron chi connectivity index (χ2n) is 4.81. The van der Waals surface area contributed by atoms with E-state index >= 15 is 0 Å². The molecule has 1 atom stereocenters. The first-order valence-corrected chi connectivity index (χ1v) is 7.84. The van der Waals surface area contributed by atoms with E-state index in [2.05, 4.69) is 11.4 Å². The van der Waals surface area contributed by atoms with Crippen LogP contribution in [0.15, 0.2) is 35.7 Å². The fourth-order valence-corrected chi connectivity index (χ4v) is 2.98. The van der Waals surface area contributed by atoms with Crippen LogP contribution in [-0.2, 0) is 6.42 Å². The van der Waals surface area contributed by atoms with Crippen molar-refractivity contribution in [3.63, 3.8) is 0 Å². The van der Waals surface area contributed by atoms with Gasteiger partial charge in [0.25, 0.3) is 5.91 Å². The molecule has 5 heteroatoms. The number of nitrogens with two attached hydrogens (primary N) is 1. The maximum atomic E-state index is 12.4. The zero-order chi connectivity index (χ0) is 15.2. The van der Waals surface area contributed by atoms with Crippen molar-refractivity contribution in [2.24, 2.45) is 0 Å². The summed E-state index contributed by atoms with van der Waals surface area (Å²) < 4.78 is 5.49. The van der Waals surface area contributed by atoms with E-state index in [-0.39, 0.29) is 11.9 Å². The average Bonchev–Trinajstić information content (AvgIpc) is 2.91. The smallest absolute Gasteiger partial charge is 0.257 e. The summed E-state index contributed by atoms with van der Waals surface area (Å²) >= 11 is 1.69. The van der Waals surface area contributed by atoms with E-state index < -0.39 is 0 Å². The Balaban J connectivity index is 2.09. The van der Waals surface area contributed by atoms with Crippen LogP contribution in [0.1, 0.15) is 29.1 Å². The number of thiophene rings is 1. The first kappa shape index (κ1) is 15.4. The first-order valence-electron chi connectivity index (χ1n) is 6.96. The molecular weight excluding hydrogens is 284 g/mol. The van der Waals surface area contributed by atoms with Crippen LogP contribution in [0, 0.1) is 0 Å². The minimum absolute atomic E-state index is 0.0326. The molecule has 1 aromatic heterocycles. The molecule has 1 aromatic carbocycles. The topological polar surface area (TPSA) is 64.3 Å². The van der Waals surface area contributed by atoms with Gasteiger partial charge in [-0.2, -0.15) is 0 Å². The van der Waals surface area contributed by atoms with Gasteiger partial charge < -0.3 is 15.8 Å². The molecule has 0 saturated carbocycles. The molecule has 0 aliphatic carbocycles. The van der Waals surface area contributed by atoms with E-state index in [4.69, 9.17) is 10.5 Å². The van der Waals surface area contributed by atoms with Gasteiger partial charge in [0, 0.05) is 23.0 Å². The van der Waals surface area contributed by atoms with Crippen molar-refractivity contribution in [3.8, 4) is 5.75 Å². The van der Waals surface area contributed by atoms with Crippen molar-refractivity contribution < 1.29 is 9.53 Å². The number of amides is 1. The van der Waals surface area contributed by atoms with E-state index in [0.29, 0.717) is 23.6 Å². The number of ether oxygens (including phenoxy) is 1. The van der Waals surface area contributed by atoms with Crippen molar-refractivity contribution in [2.45, 2.75) is 26.3 Å². The van der Waals surface area contributed by atoms with Gasteiger partial charge in [-0.05, 0) is 37.4 Å². The van der Waals surface area contributed by atoms with E-state index in [1.165, 1.54) is 4.88 Å². The van der Waals surface area contributed by atoms with Crippen molar-refractivity contribution in [1.29, 1.82) is 0 Å². The van der Waals surface area contributed by atoms with Crippen molar-refractivity contribution in [2.75, 3.05) is 12.3 Å². The summed E-state index contributed by atoms with van der Waals surface area (Å²) in [4.78, 5) is 13.7. The monoisotopic (exact) mass is 304 g/mol. The van der Waals surface area contributed by atoms with Gasteiger partial charge >= 0.3 is 0 Å². The lowest BCUT2D eigenvalue weighted by Crippen LogP contribution is -2.34. The van der Waals surface area contributed by atoms with Crippen molar-refractivity contribution in [3.05, 3.63) is 46.2 Å². The predicted molar refractivity (Wildman–Crippen MR) is 87.0 cm³/mol. The van der Waals surface area contributed by atoms with Crippen LogP contribution in [0.5, 0.6) is 5.75 Å². The first-order chi connectivity index (χ1) is 10.1. The minimum Gasteiger partial charge on any atom is -0.493 e. The van der Waals surface area contributed by atoms with Gasteiger partial charge in [0.15, 0.2) is 0 Å². The normalized spacial score (nSPS) is 11.9.